The number of hydrogen-bond donors (Lipinski definition) is 0. The van der Waals surface area contributed by atoms with Crippen LogP contribution in [0.25, 0.3) is 6.08 Å². The zero-order valence-corrected chi connectivity index (χ0v) is 21.0. The highest BCUT2D eigenvalue weighted by molar-refractivity contribution is 8.18. The van der Waals surface area contributed by atoms with Gasteiger partial charge in [0.15, 0.2) is 11.5 Å². The summed E-state index contributed by atoms with van der Waals surface area (Å²) in [4.78, 5) is 49.8. The quantitative estimate of drug-likeness (QED) is 0.111. The van der Waals surface area contributed by atoms with Gasteiger partial charge in [0.1, 0.15) is 0 Å². The summed E-state index contributed by atoms with van der Waals surface area (Å²) in [5.41, 5.74) is 0.923. The van der Waals surface area contributed by atoms with Crippen molar-refractivity contribution in [3.63, 3.8) is 0 Å². The average Bonchev–Trinajstić information content (AvgIpc) is 3.13. The largest absolute Gasteiger partial charge is 0.490 e. The van der Waals surface area contributed by atoms with Crippen molar-refractivity contribution in [2.75, 3.05) is 6.61 Å². The van der Waals surface area contributed by atoms with Crippen molar-refractivity contribution in [2.24, 2.45) is 0 Å². The first-order valence-corrected chi connectivity index (χ1v) is 12.2. The van der Waals surface area contributed by atoms with E-state index in [1.807, 2.05) is 0 Å². The number of carbonyl (C=O) groups excluding carboxylic acids is 3. The summed E-state index contributed by atoms with van der Waals surface area (Å²) in [6.45, 7) is 1.84. The summed E-state index contributed by atoms with van der Waals surface area (Å²) in [6, 6.07) is 16.9. The Balaban J connectivity index is 1.55. The highest BCUT2D eigenvalue weighted by atomic mass is 35.5. The number of hydrogen-bond acceptors (Lipinski definition) is 8. The molecule has 0 saturated carbocycles. The molecule has 2 amide bonds. The van der Waals surface area contributed by atoms with Crippen LogP contribution in [-0.4, -0.2) is 33.5 Å². The highest BCUT2D eigenvalue weighted by Gasteiger charge is 2.36. The average molecular weight is 539 g/mol. The van der Waals surface area contributed by atoms with Crippen LogP contribution in [0.1, 0.15) is 28.4 Å². The zero-order chi connectivity index (χ0) is 26.5. The van der Waals surface area contributed by atoms with Crippen molar-refractivity contribution in [1.82, 2.24) is 4.90 Å². The van der Waals surface area contributed by atoms with E-state index in [4.69, 9.17) is 21.1 Å². The molecule has 4 rings (SSSR count). The molecule has 1 heterocycles. The number of amides is 2. The number of para-hydroxylation sites is 1. The first-order chi connectivity index (χ1) is 17.8. The standard InChI is InChI=1S/C26H19ClN2O7S/c1-2-35-22-13-16(7-12-21(22)36-25(31)17-8-10-19(27)11-9-17)14-23-24(30)28(26(32)37-23)15-18-5-3-4-6-20(18)29(33)34/h3-14H,2,15H2,1H3/b23-14-. The van der Waals surface area contributed by atoms with Gasteiger partial charge in [-0.2, -0.15) is 0 Å². The Morgan fingerprint density at radius 1 is 1.08 bits per heavy atom. The van der Waals surface area contributed by atoms with Crippen LogP contribution in [-0.2, 0) is 11.3 Å². The molecule has 0 aliphatic carbocycles. The monoisotopic (exact) mass is 538 g/mol. The van der Waals surface area contributed by atoms with E-state index < -0.39 is 22.0 Å². The minimum Gasteiger partial charge on any atom is -0.490 e. The van der Waals surface area contributed by atoms with E-state index in [2.05, 4.69) is 0 Å². The maximum absolute atomic E-state index is 12.9. The maximum Gasteiger partial charge on any atom is 0.343 e. The van der Waals surface area contributed by atoms with Crippen molar-refractivity contribution in [2.45, 2.75) is 13.5 Å². The Hall–Kier alpha value is -4.15. The number of nitro benzene ring substituents is 1. The van der Waals surface area contributed by atoms with Gasteiger partial charge in [0, 0.05) is 16.7 Å². The van der Waals surface area contributed by atoms with Gasteiger partial charge >= 0.3 is 5.97 Å². The van der Waals surface area contributed by atoms with Gasteiger partial charge in [0.05, 0.1) is 28.5 Å². The molecule has 1 fully saturated rings. The second-order valence-corrected chi connectivity index (χ2v) is 9.12. The molecule has 0 aromatic heterocycles. The lowest BCUT2D eigenvalue weighted by molar-refractivity contribution is -0.385. The van der Waals surface area contributed by atoms with Crippen molar-refractivity contribution in [3.8, 4) is 11.5 Å². The zero-order valence-electron chi connectivity index (χ0n) is 19.4. The third kappa shape index (κ3) is 5.99. The second-order valence-electron chi connectivity index (χ2n) is 7.69. The summed E-state index contributed by atoms with van der Waals surface area (Å²) in [5.74, 6) is -0.702. The van der Waals surface area contributed by atoms with Crippen LogP contribution in [0, 0.1) is 10.1 Å². The molecule has 37 heavy (non-hydrogen) atoms. The van der Waals surface area contributed by atoms with Gasteiger partial charge in [0.2, 0.25) is 0 Å². The normalized spacial score (nSPS) is 14.2. The molecule has 0 atom stereocenters. The molecular formula is C26H19ClN2O7S. The number of ether oxygens (including phenoxy) is 2. The number of esters is 1. The van der Waals surface area contributed by atoms with E-state index in [1.54, 1.807) is 49.4 Å². The Labute approximate surface area is 220 Å². The van der Waals surface area contributed by atoms with E-state index in [-0.39, 0.29) is 34.2 Å². The lowest BCUT2D eigenvalue weighted by atomic mass is 10.1. The van der Waals surface area contributed by atoms with Crippen molar-refractivity contribution in [3.05, 3.63) is 103 Å². The maximum atomic E-state index is 12.9. The Kier molecular flexibility index (Phi) is 7.90. The molecule has 0 spiro atoms. The topological polar surface area (TPSA) is 116 Å². The molecule has 1 saturated heterocycles. The summed E-state index contributed by atoms with van der Waals surface area (Å²) in [5, 5.41) is 11.2. The van der Waals surface area contributed by atoms with Crippen molar-refractivity contribution in [1.29, 1.82) is 0 Å². The lowest BCUT2D eigenvalue weighted by Crippen LogP contribution is -2.27. The Morgan fingerprint density at radius 2 is 1.81 bits per heavy atom. The minimum absolute atomic E-state index is 0.150. The van der Waals surface area contributed by atoms with E-state index >= 15 is 0 Å². The number of imide groups is 1. The summed E-state index contributed by atoms with van der Waals surface area (Å²) in [6.07, 6.45) is 1.51. The fraction of sp³-hybridized carbons (Fsp3) is 0.115. The van der Waals surface area contributed by atoms with Gasteiger partial charge in [-0.05, 0) is 66.7 Å². The fourth-order valence-electron chi connectivity index (χ4n) is 3.49. The minimum atomic E-state index is -0.596. The summed E-state index contributed by atoms with van der Waals surface area (Å²) in [7, 11) is 0. The molecule has 1 aliphatic heterocycles. The first-order valence-electron chi connectivity index (χ1n) is 11.0. The third-order valence-corrected chi connectivity index (χ3v) is 6.40. The van der Waals surface area contributed by atoms with Gasteiger partial charge in [-0.3, -0.25) is 24.6 Å². The highest BCUT2D eigenvalue weighted by Crippen LogP contribution is 2.36. The van der Waals surface area contributed by atoms with Gasteiger partial charge in [-0.25, -0.2) is 4.79 Å². The SMILES string of the molecule is CCOc1cc(/C=C2\SC(=O)N(Cc3ccccc3[N+](=O)[O-])C2=O)ccc1OC(=O)c1ccc(Cl)cc1. The first kappa shape index (κ1) is 25.9. The Morgan fingerprint density at radius 3 is 2.51 bits per heavy atom. The summed E-state index contributed by atoms with van der Waals surface area (Å²) < 4.78 is 11.1. The number of thioether (sulfide) groups is 1. The predicted octanol–water partition coefficient (Wildman–Crippen LogP) is 6.10. The van der Waals surface area contributed by atoms with Crippen LogP contribution in [0.5, 0.6) is 11.5 Å². The lowest BCUT2D eigenvalue weighted by Gasteiger charge is -2.13. The predicted molar refractivity (Wildman–Crippen MR) is 139 cm³/mol. The van der Waals surface area contributed by atoms with Gasteiger partial charge in [-0.1, -0.05) is 35.9 Å². The fourth-order valence-corrected chi connectivity index (χ4v) is 4.46. The van der Waals surface area contributed by atoms with Crippen LogP contribution in [0.3, 0.4) is 0 Å². The van der Waals surface area contributed by atoms with Crippen LogP contribution >= 0.6 is 23.4 Å². The van der Waals surface area contributed by atoms with Gasteiger partial charge in [-0.15, -0.1) is 0 Å². The number of benzene rings is 3. The smallest absolute Gasteiger partial charge is 0.343 e. The molecular weight excluding hydrogens is 520 g/mol. The molecule has 0 radical (unpaired) electrons. The molecule has 3 aromatic rings. The van der Waals surface area contributed by atoms with Crippen LogP contribution in [0.2, 0.25) is 5.02 Å². The van der Waals surface area contributed by atoms with E-state index in [0.29, 0.717) is 22.8 Å². The third-order valence-electron chi connectivity index (χ3n) is 5.24. The second kappa shape index (κ2) is 11.3. The summed E-state index contributed by atoms with van der Waals surface area (Å²) >= 11 is 6.60. The van der Waals surface area contributed by atoms with Crippen LogP contribution in [0.15, 0.2) is 71.6 Å². The molecule has 3 aromatic carbocycles. The molecule has 9 nitrogen and oxygen atoms in total. The van der Waals surface area contributed by atoms with E-state index in [9.17, 15) is 24.5 Å². The number of halogens is 1. The van der Waals surface area contributed by atoms with Crippen molar-refractivity contribution < 1.29 is 28.8 Å². The molecule has 0 N–H and O–H groups in total. The van der Waals surface area contributed by atoms with Crippen LogP contribution < -0.4 is 9.47 Å². The van der Waals surface area contributed by atoms with E-state index in [0.717, 1.165) is 16.7 Å². The van der Waals surface area contributed by atoms with Gasteiger partial charge in [0.25, 0.3) is 16.8 Å². The molecule has 1 aliphatic rings. The van der Waals surface area contributed by atoms with Gasteiger partial charge < -0.3 is 9.47 Å². The molecule has 0 bridgehead atoms. The number of carbonyl (C=O) groups is 3. The van der Waals surface area contributed by atoms with E-state index in [1.165, 1.54) is 30.3 Å². The number of nitrogens with zero attached hydrogens (tertiary/aromatic N) is 2. The van der Waals surface area contributed by atoms with Crippen molar-refractivity contribution >= 4 is 52.2 Å². The molecule has 11 heteroatoms. The number of rotatable bonds is 8. The Bertz CT molecular complexity index is 1420. The molecule has 188 valence electrons. The number of nitro groups is 1. The van der Waals surface area contributed by atoms with Crippen LogP contribution in [0.4, 0.5) is 10.5 Å². The molecule has 0 unspecified atom stereocenters.